The Bertz CT molecular complexity index is 531. The highest BCUT2D eigenvalue weighted by Crippen LogP contribution is 2.20. The highest BCUT2D eigenvalue weighted by molar-refractivity contribution is 7.80. The summed E-state index contributed by atoms with van der Waals surface area (Å²) in [6.07, 6.45) is 0.958. The van der Waals surface area contributed by atoms with E-state index < -0.39 is 0 Å². The molecule has 1 unspecified atom stereocenters. The van der Waals surface area contributed by atoms with Crippen LogP contribution in [0.4, 0.5) is 0 Å². The molecule has 0 saturated heterocycles. The van der Waals surface area contributed by atoms with Gasteiger partial charge in [0, 0.05) is 6.04 Å². The Hall–Kier alpha value is -1.20. The van der Waals surface area contributed by atoms with Crippen LogP contribution in [0.1, 0.15) is 18.0 Å². The van der Waals surface area contributed by atoms with E-state index in [9.17, 15) is 4.79 Å². The van der Waals surface area contributed by atoms with Crippen LogP contribution in [0, 0.1) is 0 Å². The lowest BCUT2D eigenvalue weighted by molar-refractivity contribution is 0.582. The maximum Gasteiger partial charge on any atom is 0.323 e. The SMILES string of the molecule is CNC(CCS)c1ccc2[nH]c(=O)[nH]c2c1. The molecule has 0 bridgehead atoms. The van der Waals surface area contributed by atoms with Gasteiger partial charge in [0.1, 0.15) is 0 Å². The summed E-state index contributed by atoms with van der Waals surface area (Å²) in [4.78, 5) is 16.6. The molecule has 0 saturated carbocycles. The van der Waals surface area contributed by atoms with Gasteiger partial charge in [-0.15, -0.1) is 0 Å². The minimum absolute atomic E-state index is 0.164. The molecule has 1 aromatic carbocycles. The largest absolute Gasteiger partial charge is 0.323 e. The number of rotatable bonds is 4. The molecule has 0 aliphatic rings. The molecule has 2 aromatic rings. The first-order valence-corrected chi connectivity index (χ1v) is 5.88. The number of aromatic amines is 2. The Morgan fingerprint density at radius 1 is 1.38 bits per heavy atom. The van der Waals surface area contributed by atoms with E-state index in [4.69, 9.17) is 0 Å². The number of aromatic nitrogens is 2. The lowest BCUT2D eigenvalue weighted by Crippen LogP contribution is -2.16. The number of nitrogens with one attached hydrogen (secondary N) is 3. The van der Waals surface area contributed by atoms with Crippen LogP contribution >= 0.6 is 12.6 Å². The molecule has 0 aliphatic carbocycles. The first kappa shape index (κ1) is 11.3. The van der Waals surface area contributed by atoms with Crippen molar-refractivity contribution in [3.8, 4) is 0 Å². The maximum absolute atomic E-state index is 11.1. The molecule has 1 aromatic heterocycles. The van der Waals surface area contributed by atoms with Crippen LogP contribution < -0.4 is 11.0 Å². The predicted octanol–water partition coefficient (Wildman–Crippen LogP) is 1.44. The summed E-state index contributed by atoms with van der Waals surface area (Å²) < 4.78 is 0. The van der Waals surface area contributed by atoms with E-state index in [1.165, 1.54) is 5.56 Å². The molecule has 2 rings (SSSR count). The van der Waals surface area contributed by atoms with Gasteiger partial charge in [0.05, 0.1) is 11.0 Å². The van der Waals surface area contributed by atoms with Crippen molar-refractivity contribution in [1.82, 2.24) is 15.3 Å². The lowest BCUT2D eigenvalue weighted by atomic mass is 10.0. The van der Waals surface area contributed by atoms with E-state index in [0.717, 1.165) is 23.2 Å². The minimum atomic E-state index is -0.164. The fourth-order valence-electron chi connectivity index (χ4n) is 1.87. The maximum atomic E-state index is 11.1. The van der Waals surface area contributed by atoms with Crippen LogP contribution in [0.5, 0.6) is 0 Å². The summed E-state index contributed by atoms with van der Waals surface area (Å²) in [6.45, 7) is 0. The average Bonchev–Trinajstić information content (AvgIpc) is 2.64. The highest BCUT2D eigenvalue weighted by atomic mass is 32.1. The first-order chi connectivity index (χ1) is 7.74. The lowest BCUT2D eigenvalue weighted by Gasteiger charge is -2.15. The minimum Gasteiger partial charge on any atom is -0.313 e. The summed E-state index contributed by atoms with van der Waals surface area (Å²) in [7, 11) is 1.93. The summed E-state index contributed by atoms with van der Waals surface area (Å²) in [5.74, 6) is 0.827. The molecule has 0 spiro atoms. The van der Waals surface area contributed by atoms with Crippen molar-refractivity contribution in [2.24, 2.45) is 0 Å². The number of H-pyrrole nitrogens is 2. The van der Waals surface area contributed by atoms with Crippen LogP contribution in [0.2, 0.25) is 0 Å². The number of benzene rings is 1. The van der Waals surface area contributed by atoms with Gasteiger partial charge < -0.3 is 15.3 Å². The van der Waals surface area contributed by atoms with Gasteiger partial charge in [0.25, 0.3) is 0 Å². The third kappa shape index (κ3) is 2.15. The quantitative estimate of drug-likeness (QED) is 0.608. The predicted molar refractivity (Wildman–Crippen MR) is 69.2 cm³/mol. The van der Waals surface area contributed by atoms with Gasteiger partial charge in [0.15, 0.2) is 0 Å². The van der Waals surface area contributed by atoms with Gasteiger partial charge in [0.2, 0.25) is 0 Å². The molecule has 86 valence electrons. The van der Waals surface area contributed by atoms with E-state index in [2.05, 4.69) is 27.9 Å². The second-order valence-electron chi connectivity index (χ2n) is 3.74. The fourth-order valence-corrected chi connectivity index (χ4v) is 2.13. The highest BCUT2D eigenvalue weighted by Gasteiger charge is 2.09. The van der Waals surface area contributed by atoms with Crippen molar-refractivity contribution < 1.29 is 0 Å². The van der Waals surface area contributed by atoms with Crippen LogP contribution in [0.3, 0.4) is 0 Å². The molecule has 5 heteroatoms. The smallest absolute Gasteiger partial charge is 0.313 e. The van der Waals surface area contributed by atoms with Crippen LogP contribution in [0.25, 0.3) is 11.0 Å². The topological polar surface area (TPSA) is 60.7 Å². The molecular formula is C11H15N3OS. The average molecular weight is 237 g/mol. The Morgan fingerprint density at radius 2 is 2.12 bits per heavy atom. The second-order valence-corrected chi connectivity index (χ2v) is 4.18. The molecule has 4 nitrogen and oxygen atoms in total. The molecule has 0 fully saturated rings. The zero-order valence-electron chi connectivity index (χ0n) is 9.08. The van der Waals surface area contributed by atoms with E-state index in [0.29, 0.717) is 0 Å². The Balaban J connectivity index is 2.40. The first-order valence-electron chi connectivity index (χ1n) is 5.24. The van der Waals surface area contributed by atoms with E-state index in [1.807, 2.05) is 25.2 Å². The molecule has 3 N–H and O–H groups in total. The van der Waals surface area contributed by atoms with E-state index in [-0.39, 0.29) is 11.7 Å². The van der Waals surface area contributed by atoms with Crippen molar-refractivity contribution in [2.75, 3.05) is 12.8 Å². The van der Waals surface area contributed by atoms with Gasteiger partial charge in [-0.25, -0.2) is 4.79 Å². The third-order valence-electron chi connectivity index (χ3n) is 2.71. The zero-order chi connectivity index (χ0) is 11.5. The molecule has 1 heterocycles. The number of hydrogen-bond acceptors (Lipinski definition) is 3. The molecule has 0 amide bonds. The molecule has 16 heavy (non-hydrogen) atoms. The Kier molecular flexibility index (Phi) is 3.36. The monoisotopic (exact) mass is 237 g/mol. The van der Waals surface area contributed by atoms with Crippen molar-refractivity contribution in [1.29, 1.82) is 0 Å². The van der Waals surface area contributed by atoms with Crippen molar-refractivity contribution in [3.63, 3.8) is 0 Å². The van der Waals surface area contributed by atoms with Crippen molar-refractivity contribution in [3.05, 3.63) is 34.2 Å². The van der Waals surface area contributed by atoms with Crippen molar-refractivity contribution >= 4 is 23.7 Å². The van der Waals surface area contributed by atoms with Gasteiger partial charge in [-0.2, -0.15) is 12.6 Å². The van der Waals surface area contributed by atoms with Gasteiger partial charge in [-0.3, -0.25) is 0 Å². The molecule has 1 atom stereocenters. The normalized spacial score (nSPS) is 13.1. The van der Waals surface area contributed by atoms with Gasteiger partial charge in [-0.05, 0) is 36.9 Å². The van der Waals surface area contributed by atoms with Gasteiger partial charge in [-0.1, -0.05) is 6.07 Å². The molecule has 0 aliphatic heterocycles. The number of hydrogen-bond donors (Lipinski definition) is 4. The molecular weight excluding hydrogens is 222 g/mol. The summed E-state index contributed by atoms with van der Waals surface area (Å²) >= 11 is 4.24. The summed E-state index contributed by atoms with van der Waals surface area (Å²) in [5, 5.41) is 3.24. The zero-order valence-corrected chi connectivity index (χ0v) is 9.97. The van der Waals surface area contributed by atoms with Crippen LogP contribution in [0.15, 0.2) is 23.0 Å². The third-order valence-corrected chi connectivity index (χ3v) is 2.97. The summed E-state index contributed by atoms with van der Waals surface area (Å²) in [5.41, 5.74) is 2.69. The van der Waals surface area contributed by atoms with E-state index >= 15 is 0 Å². The molecule has 0 radical (unpaired) electrons. The Morgan fingerprint density at radius 3 is 2.81 bits per heavy atom. The second kappa shape index (κ2) is 4.76. The van der Waals surface area contributed by atoms with Crippen molar-refractivity contribution in [2.45, 2.75) is 12.5 Å². The van der Waals surface area contributed by atoms with Crippen LogP contribution in [-0.2, 0) is 0 Å². The van der Waals surface area contributed by atoms with E-state index in [1.54, 1.807) is 0 Å². The number of fused-ring (bicyclic) bond motifs is 1. The fraction of sp³-hybridized carbons (Fsp3) is 0.364. The van der Waals surface area contributed by atoms with Gasteiger partial charge >= 0.3 is 5.69 Å². The summed E-state index contributed by atoms with van der Waals surface area (Å²) in [6, 6.07) is 6.22. The number of imidazole rings is 1. The Labute approximate surface area is 98.9 Å². The number of thiol groups is 1. The van der Waals surface area contributed by atoms with Crippen LogP contribution in [-0.4, -0.2) is 22.8 Å². The standard InChI is InChI=1S/C11H15N3OS/c1-12-8(4-5-16)7-2-3-9-10(6-7)14-11(15)13-9/h2-3,6,8,12,16H,4-5H2,1H3,(H2,13,14,15).